The Balaban J connectivity index is 2.42. The first-order chi connectivity index (χ1) is 8.15. The Kier molecular flexibility index (Phi) is 6.56. The van der Waals surface area contributed by atoms with Crippen LogP contribution in [0.25, 0.3) is 0 Å². The molecule has 1 atom stereocenters. The molecule has 0 spiro atoms. The minimum atomic E-state index is -0.663. The molecule has 3 nitrogen and oxygen atoms in total. The molecule has 100 valence electrons. The summed E-state index contributed by atoms with van der Waals surface area (Å²) in [5.74, 6) is -0.902. The second kappa shape index (κ2) is 7.70. The zero-order chi connectivity index (χ0) is 12.7. The zero-order valence-electron chi connectivity index (χ0n) is 11.3. The summed E-state index contributed by atoms with van der Waals surface area (Å²) in [4.78, 5) is 13.4. The Morgan fingerprint density at radius 1 is 1.35 bits per heavy atom. The molecule has 1 fully saturated rings. The quantitative estimate of drug-likeness (QED) is 0.664. The van der Waals surface area contributed by atoms with E-state index in [0.29, 0.717) is 6.04 Å². The average Bonchev–Trinajstić information content (AvgIpc) is 2.81. The van der Waals surface area contributed by atoms with Crippen LogP contribution in [-0.2, 0) is 4.79 Å². The summed E-state index contributed by atoms with van der Waals surface area (Å²) in [5.41, 5.74) is 0. The van der Waals surface area contributed by atoms with E-state index in [1.165, 1.54) is 44.9 Å². The van der Waals surface area contributed by atoms with Gasteiger partial charge >= 0.3 is 5.97 Å². The minimum Gasteiger partial charge on any atom is -0.481 e. The monoisotopic (exact) mass is 241 g/mol. The number of hydrogen-bond acceptors (Lipinski definition) is 2. The number of aliphatic carboxylic acids is 1. The fourth-order valence-corrected chi connectivity index (χ4v) is 2.69. The molecule has 0 aromatic heterocycles. The Morgan fingerprint density at radius 2 is 2.00 bits per heavy atom. The Hall–Kier alpha value is -0.570. The predicted molar refractivity (Wildman–Crippen MR) is 70.2 cm³/mol. The number of carbonyl (C=O) groups is 1. The number of rotatable bonds is 8. The van der Waals surface area contributed by atoms with Crippen LogP contribution < -0.4 is 0 Å². The molecule has 1 unspecified atom stereocenters. The maximum Gasteiger partial charge on any atom is 0.307 e. The van der Waals surface area contributed by atoms with Gasteiger partial charge in [0.2, 0.25) is 0 Å². The summed E-state index contributed by atoms with van der Waals surface area (Å²) in [6.45, 7) is 5.84. The molecule has 0 saturated heterocycles. The molecule has 1 rings (SSSR count). The van der Waals surface area contributed by atoms with Gasteiger partial charge in [-0.15, -0.1) is 0 Å². The van der Waals surface area contributed by atoms with E-state index in [1.807, 2.05) is 6.92 Å². The molecule has 1 N–H and O–H groups in total. The van der Waals surface area contributed by atoms with Crippen molar-refractivity contribution >= 4 is 5.97 Å². The van der Waals surface area contributed by atoms with Crippen LogP contribution >= 0.6 is 0 Å². The van der Waals surface area contributed by atoms with Crippen LogP contribution in [0.1, 0.15) is 58.8 Å². The van der Waals surface area contributed by atoms with Gasteiger partial charge in [-0.3, -0.25) is 9.69 Å². The van der Waals surface area contributed by atoms with Crippen molar-refractivity contribution < 1.29 is 9.90 Å². The molecule has 17 heavy (non-hydrogen) atoms. The van der Waals surface area contributed by atoms with Gasteiger partial charge in [0.25, 0.3) is 0 Å². The summed E-state index contributed by atoms with van der Waals surface area (Å²) in [5, 5.41) is 9.02. The van der Waals surface area contributed by atoms with Gasteiger partial charge in [-0.1, -0.05) is 39.5 Å². The van der Waals surface area contributed by atoms with Crippen molar-refractivity contribution in [3.05, 3.63) is 0 Å². The van der Waals surface area contributed by atoms with Gasteiger partial charge in [-0.25, -0.2) is 0 Å². The van der Waals surface area contributed by atoms with E-state index >= 15 is 0 Å². The third-order valence-electron chi connectivity index (χ3n) is 3.82. The Morgan fingerprint density at radius 3 is 2.53 bits per heavy atom. The molecule has 1 saturated carbocycles. The fraction of sp³-hybridized carbons (Fsp3) is 0.929. The molecule has 0 heterocycles. The fourth-order valence-electron chi connectivity index (χ4n) is 2.69. The number of hydrogen-bond donors (Lipinski definition) is 1. The lowest BCUT2D eigenvalue weighted by atomic mass is 10.1. The summed E-state index contributed by atoms with van der Waals surface area (Å²) in [6.07, 6.45) is 8.85. The highest BCUT2D eigenvalue weighted by Gasteiger charge is 2.25. The topological polar surface area (TPSA) is 40.5 Å². The van der Waals surface area contributed by atoms with Crippen molar-refractivity contribution in [1.29, 1.82) is 0 Å². The molecule has 1 aliphatic carbocycles. The van der Waals surface area contributed by atoms with Crippen LogP contribution in [0, 0.1) is 5.92 Å². The molecule has 0 bridgehead atoms. The van der Waals surface area contributed by atoms with E-state index in [4.69, 9.17) is 5.11 Å². The molecule has 0 aliphatic heterocycles. The second-order valence-corrected chi connectivity index (χ2v) is 5.38. The smallest absolute Gasteiger partial charge is 0.307 e. The van der Waals surface area contributed by atoms with Crippen LogP contribution in [0.5, 0.6) is 0 Å². The molecule has 0 radical (unpaired) electrons. The van der Waals surface area contributed by atoms with Gasteiger partial charge in [0, 0.05) is 12.6 Å². The van der Waals surface area contributed by atoms with Crippen molar-refractivity contribution in [3.63, 3.8) is 0 Å². The Bertz CT molecular complexity index is 224. The summed E-state index contributed by atoms with van der Waals surface area (Å²) in [6, 6.07) is 0.647. The molecule has 0 amide bonds. The van der Waals surface area contributed by atoms with E-state index in [9.17, 15) is 4.79 Å². The van der Waals surface area contributed by atoms with Gasteiger partial charge in [-0.2, -0.15) is 0 Å². The Labute approximate surface area is 105 Å². The summed E-state index contributed by atoms with van der Waals surface area (Å²) >= 11 is 0. The van der Waals surface area contributed by atoms with E-state index in [0.717, 1.165) is 13.1 Å². The van der Waals surface area contributed by atoms with Crippen molar-refractivity contribution in [1.82, 2.24) is 4.90 Å². The second-order valence-electron chi connectivity index (χ2n) is 5.38. The number of carboxylic acid groups (broad SMARTS) is 1. The van der Waals surface area contributed by atoms with Gasteiger partial charge in [0.1, 0.15) is 0 Å². The number of unbranched alkanes of at least 4 members (excludes halogenated alkanes) is 2. The maximum atomic E-state index is 11.0. The lowest BCUT2D eigenvalue weighted by Crippen LogP contribution is -2.39. The van der Waals surface area contributed by atoms with Crippen LogP contribution in [-0.4, -0.2) is 35.1 Å². The van der Waals surface area contributed by atoms with E-state index < -0.39 is 5.97 Å². The standard InChI is InChI=1S/C14H27NO2/c1-3-4-7-10-15(11-12(2)14(16)17)13-8-5-6-9-13/h12-13H,3-11H2,1-2H3,(H,16,17). The predicted octanol–water partition coefficient (Wildman–Crippen LogP) is 3.14. The molecule has 3 heteroatoms. The summed E-state index contributed by atoms with van der Waals surface area (Å²) in [7, 11) is 0. The number of carboxylic acids is 1. The van der Waals surface area contributed by atoms with Gasteiger partial charge in [-0.05, 0) is 25.8 Å². The van der Waals surface area contributed by atoms with Gasteiger partial charge in [0.15, 0.2) is 0 Å². The third kappa shape index (κ3) is 5.07. The van der Waals surface area contributed by atoms with E-state index in [-0.39, 0.29) is 5.92 Å². The largest absolute Gasteiger partial charge is 0.481 e. The molecule has 1 aliphatic rings. The first-order valence-electron chi connectivity index (χ1n) is 7.12. The highest BCUT2D eigenvalue weighted by atomic mass is 16.4. The third-order valence-corrected chi connectivity index (χ3v) is 3.82. The van der Waals surface area contributed by atoms with Gasteiger partial charge < -0.3 is 5.11 Å². The van der Waals surface area contributed by atoms with Crippen LogP contribution in [0.2, 0.25) is 0 Å². The first kappa shape index (κ1) is 14.5. The van der Waals surface area contributed by atoms with Crippen molar-refractivity contribution in [2.24, 2.45) is 5.92 Å². The first-order valence-corrected chi connectivity index (χ1v) is 7.12. The highest BCUT2D eigenvalue weighted by molar-refractivity contribution is 5.69. The maximum absolute atomic E-state index is 11.0. The zero-order valence-corrected chi connectivity index (χ0v) is 11.3. The minimum absolute atomic E-state index is 0.239. The molecular weight excluding hydrogens is 214 g/mol. The van der Waals surface area contributed by atoms with Crippen LogP contribution in [0.3, 0.4) is 0 Å². The SMILES string of the molecule is CCCCCN(CC(C)C(=O)O)C1CCCC1. The average molecular weight is 241 g/mol. The van der Waals surface area contributed by atoms with Crippen molar-refractivity contribution in [2.75, 3.05) is 13.1 Å². The molecular formula is C14H27NO2. The van der Waals surface area contributed by atoms with E-state index in [1.54, 1.807) is 0 Å². The van der Waals surface area contributed by atoms with Crippen LogP contribution in [0.4, 0.5) is 0 Å². The van der Waals surface area contributed by atoms with Crippen molar-refractivity contribution in [3.8, 4) is 0 Å². The van der Waals surface area contributed by atoms with Crippen molar-refractivity contribution in [2.45, 2.75) is 64.8 Å². The number of nitrogens with zero attached hydrogens (tertiary/aromatic N) is 1. The highest BCUT2D eigenvalue weighted by Crippen LogP contribution is 2.24. The van der Waals surface area contributed by atoms with E-state index in [2.05, 4.69) is 11.8 Å². The van der Waals surface area contributed by atoms with Gasteiger partial charge in [0.05, 0.1) is 5.92 Å². The summed E-state index contributed by atoms with van der Waals surface area (Å²) < 4.78 is 0. The normalized spacial score (nSPS) is 18.8. The molecule has 0 aromatic carbocycles. The van der Waals surface area contributed by atoms with Crippen LogP contribution in [0.15, 0.2) is 0 Å². The lowest BCUT2D eigenvalue weighted by Gasteiger charge is -2.30. The lowest BCUT2D eigenvalue weighted by molar-refractivity contribution is -0.141. The molecule has 0 aromatic rings.